The van der Waals surface area contributed by atoms with E-state index < -0.39 is 5.92 Å². The summed E-state index contributed by atoms with van der Waals surface area (Å²) in [6.45, 7) is 4.61. The smallest absolute Gasteiger partial charge is 0.268 e. The van der Waals surface area contributed by atoms with Crippen LogP contribution in [-0.2, 0) is 0 Å². The van der Waals surface area contributed by atoms with Crippen LogP contribution in [0.1, 0.15) is 32.6 Å². The van der Waals surface area contributed by atoms with Crippen molar-refractivity contribution in [3.8, 4) is 0 Å². The minimum absolute atomic E-state index is 0.0632. The lowest BCUT2D eigenvalue weighted by Crippen LogP contribution is -2.26. The number of hydrogen-bond acceptors (Lipinski definition) is 1. The second-order valence-electron chi connectivity index (χ2n) is 3.85. The van der Waals surface area contributed by atoms with E-state index >= 15 is 0 Å². The van der Waals surface area contributed by atoms with Crippen LogP contribution >= 0.6 is 0 Å². The fourth-order valence-electron chi connectivity index (χ4n) is 1.03. The summed E-state index contributed by atoms with van der Waals surface area (Å²) in [6, 6.07) is 0. The van der Waals surface area contributed by atoms with Crippen LogP contribution in [0.2, 0.25) is 0 Å². The van der Waals surface area contributed by atoms with Gasteiger partial charge in [-0.1, -0.05) is 6.58 Å². The number of hydrogen-bond donors (Lipinski definition) is 1. The first kappa shape index (κ1) is 9.65. The van der Waals surface area contributed by atoms with E-state index in [0.29, 0.717) is 6.42 Å². The summed E-state index contributed by atoms with van der Waals surface area (Å²) in [6.07, 6.45) is 2.03. The van der Waals surface area contributed by atoms with Gasteiger partial charge in [0.15, 0.2) is 0 Å². The van der Waals surface area contributed by atoms with Crippen LogP contribution in [0.4, 0.5) is 8.78 Å². The van der Waals surface area contributed by atoms with Crippen molar-refractivity contribution in [2.24, 2.45) is 5.73 Å². The maximum absolute atomic E-state index is 12.9. The second-order valence-corrected chi connectivity index (χ2v) is 3.85. The Balaban J connectivity index is 2.35. The molecule has 1 aliphatic rings. The van der Waals surface area contributed by atoms with Gasteiger partial charge in [0.25, 0.3) is 5.92 Å². The summed E-state index contributed by atoms with van der Waals surface area (Å²) < 4.78 is 25.9. The van der Waals surface area contributed by atoms with E-state index in [4.69, 9.17) is 5.73 Å². The molecule has 1 nitrogen and oxygen atoms in total. The Morgan fingerprint density at radius 3 is 2.42 bits per heavy atom. The van der Waals surface area contributed by atoms with Crippen LogP contribution in [0.5, 0.6) is 0 Å². The molecule has 0 aromatic heterocycles. The molecule has 70 valence electrons. The third-order valence-corrected chi connectivity index (χ3v) is 2.45. The SMILES string of the molecule is C=C(C)C(F)(F)CCC1(N)CC1. The maximum Gasteiger partial charge on any atom is 0.268 e. The zero-order chi connectivity index (χ0) is 9.41. The largest absolute Gasteiger partial charge is 0.325 e. The molecule has 0 aromatic rings. The minimum atomic E-state index is -2.73. The normalized spacial score (nSPS) is 20.7. The standard InChI is InChI=1S/C9H15F2N/c1-7(2)9(10,11)6-5-8(12)3-4-8/h1,3-6,12H2,2H3. The first-order valence-corrected chi connectivity index (χ1v) is 4.18. The fraction of sp³-hybridized carbons (Fsp3) is 0.778. The van der Waals surface area contributed by atoms with Crippen LogP contribution in [0.25, 0.3) is 0 Å². The van der Waals surface area contributed by atoms with Gasteiger partial charge in [-0.25, -0.2) is 8.78 Å². The highest BCUT2D eigenvalue weighted by molar-refractivity contribution is 5.06. The summed E-state index contributed by atoms with van der Waals surface area (Å²) in [4.78, 5) is 0. The van der Waals surface area contributed by atoms with E-state index in [1.807, 2.05) is 0 Å². The Labute approximate surface area is 71.6 Å². The van der Waals surface area contributed by atoms with Crippen LogP contribution in [0.3, 0.4) is 0 Å². The van der Waals surface area contributed by atoms with Crippen LogP contribution in [0, 0.1) is 0 Å². The molecular formula is C9H15F2N. The maximum atomic E-state index is 12.9. The molecular weight excluding hydrogens is 160 g/mol. The highest BCUT2D eigenvalue weighted by Gasteiger charge is 2.41. The summed E-state index contributed by atoms with van der Waals surface area (Å²) in [7, 11) is 0. The number of rotatable bonds is 4. The number of nitrogens with two attached hydrogens (primary N) is 1. The molecule has 1 fully saturated rings. The van der Waals surface area contributed by atoms with Crippen molar-refractivity contribution >= 4 is 0 Å². The molecule has 0 radical (unpaired) electrons. The lowest BCUT2D eigenvalue weighted by atomic mass is 10.0. The van der Waals surface area contributed by atoms with Crippen LogP contribution < -0.4 is 5.73 Å². The van der Waals surface area contributed by atoms with E-state index in [9.17, 15) is 8.78 Å². The molecule has 0 heterocycles. The summed E-state index contributed by atoms with van der Waals surface area (Å²) in [5.41, 5.74) is 5.35. The predicted molar refractivity (Wildman–Crippen MR) is 45.1 cm³/mol. The third kappa shape index (κ3) is 2.27. The van der Waals surface area contributed by atoms with Gasteiger partial charge in [0, 0.05) is 12.0 Å². The van der Waals surface area contributed by atoms with Crippen molar-refractivity contribution in [3.63, 3.8) is 0 Å². The number of halogens is 2. The van der Waals surface area contributed by atoms with Crippen molar-refractivity contribution in [1.29, 1.82) is 0 Å². The fourth-order valence-corrected chi connectivity index (χ4v) is 1.03. The van der Waals surface area contributed by atoms with Gasteiger partial charge in [-0.2, -0.15) is 0 Å². The monoisotopic (exact) mass is 175 g/mol. The van der Waals surface area contributed by atoms with E-state index in [2.05, 4.69) is 6.58 Å². The second kappa shape index (κ2) is 2.80. The lowest BCUT2D eigenvalue weighted by molar-refractivity contribution is 0.0281. The van der Waals surface area contributed by atoms with Gasteiger partial charge in [-0.15, -0.1) is 0 Å². The molecule has 1 aliphatic carbocycles. The van der Waals surface area contributed by atoms with E-state index in [1.165, 1.54) is 6.92 Å². The zero-order valence-corrected chi connectivity index (χ0v) is 7.37. The van der Waals surface area contributed by atoms with Crippen molar-refractivity contribution in [2.45, 2.75) is 44.1 Å². The lowest BCUT2D eigenvalue weighted by Gasteiger charge is -2.18. The number of allylic oxidation sites excluding steroid dienone is 1. The third-order valence-electron chi connectivity index (χ3n) is 2.45. The van der Waals surface area contributed by atoms with Gasteiger partial charge in [-0.05, 0) is 31.8 Å². The Kier molecular flexibility index (Phi) is 2.25. The molecule has 1 rings (SSSR count). The first-order valence-electron chi connectivity index (χ1n) is 4.18. The molecule has 12 heavy (non-hydrogen) atoms. The van der Waals surface area contributed by atoms with Gasteiger partial charge in [-0.3, -0.25) is 0 Å². The molecule has 0 amide bonds. The first-order chi connectivity index (χ1) is 5.36. The molecule has 0 unspecified atom stereocenters. The molecule has 0 atom stereocenters. The molecule has 3 heteroatoms. The Hall–Kier alpha value is -0.440. The van der Waals surface area contributed by atoms with Gasteiger partial charge in [0.1, 0.15) is 0 Å². The molecule has 0 spiro atoms. The van der Waals surface area contributed by atoms with Crippen molar-refractivity contribution in [2.75, 3.05) is 0 Å². The van der Waals surface area contributed by atoms with Gasteiger partial charge >= 0.3 is 0 Å². The van der Waals surface area contributed by atoms with Crippen molar-refractivity contribution in [3.05, 3.63) is 12.2 Å². The molecule has 1 saturated carbocycles. The van der Waals surface area contributed by atoms with E-state index in [0.717, 1.165) is 12.8 Å². The Morgan fingerprint density at radius 1 is 1.58 bits per heavy atom. The van der Waals surface area contributed by atoms with Crippen LogP contribution in [-0.4, -0.2) is 11.5 Å². The summed E-state index contributed by atoms with van der Waals surface area (Å²) in [5.74, 6) is -2.73. The molecule has 0 aliphatic heterocycles. The van der Waals surface area contributed by atoms with E-state index in [1.54, 1.807) is 0 Å². The van der Waals surface area contributed by atoms with Crippen molar-refractivity contribution in [1.82, 2.24) is 0 Å². The molecule has 2 N–H and O–H groups in total. The molecule has 0 bridgehead atoms. The predicted octanol–water partition coefficient (Wildman–Crippen LogP) is 2.47. The van der Waals surface area contributed by atoms with E-state index in [-0.39, 0.29) is 17.5 Å². The van der Waals surface area contributed by atoms with Crippen molar-refractivity contribution < 1.29 is 8.78 Å². The van der Waals surface area contributed by atoms with Gasteiger partial charge < -0.3 is 5.73 Å². The highest BCUT2D eigenvalue weighted by atomic mass is 19.3. The van der Waals surface area contributed by atoms with Crippen LogP contribution in [0.15, 0.2) is 12.2 Å². The quantitative estimate of drug-likeness (QED) is 0.652. The summed E-state index contributed by atoms with van der Waals surface area (Å²) in [5, 5.41) is 0. The average molecular weight is 175 g/mol. The average Bonchev–Trinajstić information content (AvgIpc) is 2.66. The number of alkyl halides is 2. The topological polar surface area (TPSA) is 26.0 Å². The molecule has 0 saturated heterocycles. The summed E-state index contributed by atoms with van der Waals surface area (Å²) >= 11 is 0. The Morgan fingerprint density at radius 2 is 2.08 bits per heavy atom. The highest BCUT2D eigenvalue weighted by Crippen LogP contribution is 2.40. The minimum Gasteiger partial charge on any atom is -0.325 e. The Bertz CT molecular complexity index is 195. The van der Waals surface area contributed by atoms with Gasteiger partial charge in [0.05, 0.1) is 0 Å². The molecule has 0 aromatic carbocycles. The zero-order valence-electron chi connectivity index (χ0n) is 7.37. The van der Waals surface area contributed by atoms with Gasteiger partial charge in [0.2, 0.25) is 0 Å².